The van der Waals surface area contributed by atoms with Crippen LogP contribution in [0, 0.1) is 46.8 Å². The van der Waals surface area contributed by atoms with Crippen LogP contribution in [0.15, 0.2) is 5.10 Å². The Balaban J connectivity index is 1.25. The molecule has 0 spiro atoms. The summed E-state index contributed by atoms with van der Waals surface area (Å²) >= 11 is 0. The lowest BCUT2D eigenvalue weighted by molar-refractivity contribution is -0.111. The zero-order chi connectivity index (χ0) is 21.8. The maximum Gasteiger partial charge on any atom is 0.136 e. The first-order valence-corrected chi connectivity index (χ1v) is 13.4. The Labute approximate surface area is 189 Å². The van der Waals surface area contributed by atoms with E-state index in [4.69, 9.17) is 0 Å². The average Bonchev–Trinajstić information content (AvgIpc) is 3.29. The highest BCUT2D eigenvalue weighted by atomic mass is 16.3. The molecule has 31 heavy (non-hydrogen) atoms. The minimum absolute atomic E-state index is 0.348. The lowest BCUT2D eigenvalue weighted by Gasteiger charge is -2.57. The zero-order valence-electron chi connectivity index (χ0n) is 20.4. The van der Waals surface area contributed by atoms with E-state index in [0.29, 0.717) is 11.3 Å². The standard InChI is InChI=1S/C26H46N4O/c1-5-12-26(31)14-11-20-19(15-26)6-7-22-21(20)10-13-25(4)23(8-9-24(22)25)17(2)16-30-28-18(3)27-29-30/h17,19-24,29,31H,5-16H2,1-4H3,(H,27,28)/t17-,19-,20-,21+,22+,23+,24-,25+,26+/m0/s1. The maximum atomic E-state index is 11.1. The van der Waals surface area contributed by atoms with Crippen molar-refractivity contribution in [1.82, 2.24) is 16.1 Å². The lowest BCUT2D eigenvalue weighted by Crippen LogP contribution is -2.52. The van der Waals surface area contributed by atoms with Gasteiger partial charge in [0.25, 0.3) is 0 Å². The summed E-state index contributed by atoms with van der Waals surface area (Å²) in [4.78, 5) is 0. The monoisotopic (exact) mass is 430 g/mol. The molecule has 4 fully saturated rings. The summed E-state index contributed by atoms with van der Waals surface area (Å²) in [5.74, 6) is 6.95. The second kappa shape index (κ2) is 8.20. The summed E-state index contributed by atoms with van der Waals surface area (Å²) in [6.45, 7) is 10.4. The van der Waals surface area contributed by atoms with Gasteiger partial charge in [-0.2, -0.15) is 0 Å². The van der Waals surface area contributed by atoms with Crippen LogP contribution < -0.4 is 11.0 Å². The lowest BCUT2D eigenvalue weighted by atomic mass is 9.48. The molecular weight excluding hydrogens is 384 g/mol. The number of aliphatic hydroxyl groups is 1. The van der Waals surface area contributed by atoms with Gasteiger partial charge in [0.15, 0.2) is 0 Å². The third-order valence-corrected chi connectivity index (χ3v) is 10.7. The number of fused-ring (bicyclic) bond motifs is 5. The molecule has 3 N–H and O–H groups in total. The molecule has 176 valence electrons. The molecular formula is C26H46N4O. The summed E-state index contributed by atoms with van der Waals surface area (Å²) in [5.41, 5.74) is 6.63. The molecule has 0 aromatic heterocycles. The number of hydrazone groups is 1. The molecule has 0 saturated heterocycles. The fraction of sp³-hybridized carbons (Fsp3) is 0.962. The fourth-order valence-corrected chi connectivity index (χ4v) is 9.51. The molecule has 5 aliphatic rings. The fourth-order valence-electron chi connectivity index (χ4n) is 9.51. The molecule has 0 aromatic rings. The maximum absolute atomic E-state index is 11.1. The molecule has 4 saturated carbocycles. The van der Waals surface area contributed by atoms with Crippen LogP contribution in [0.5, 0.6) is 0 Å². The highest BCUT2D eigenvalue weighted by molar-refractivity contribution is 5.79. The van der Waals surface area contributed by atoms with Crippen LogP contribution in [-0.4, -0.2) is 28.2 Å². The number of rotatable bonds is 5. The number of hydrazine groups is 2. The number of amidine groups is 1. The van der Waals surface area contributed by atoms with Crippen LogP contribution in [0.3, 0.4) is 0 Å². The van der Waals surface area contributed by atoms with Gasteiger partial charge in [-0.3, -0.25) is 5.43 Å². The summed E-state index contributed by atoms with van der Waals surface area (Å²) in [7, 11) is 0. The molecule has 0 aromatic carbocycles. The van der Waals surface area contributed by atoms with Gasteiger partial charge in [0.05, 0.1) is 5.60 Å². The van der Waals surface area contributed by atoms with Crippen molar-refractivity contribution in [3.8, 4) is 0 Å². The third-order valence-electron chi connectivity index (χ3n) is 10.7. The molecule has 0 radical (unpaired) electrons. The van der Waals surface area contributed by atoms with Crippen molar-refractivity contribution in [3.63, 3.8) is 0 Å². The van der Waals surface area contributed by atoms with Crippen molar-refractivity contribution in [2.24, 2.45) is 51.9 Å². The number of hydrogen-bond acceptors (Lipinski definition) is 5. The second-order valence-corrected chi connectivity index (χ2v) is 12.4. The van der Waals surface area contributed by atoms with Crippen molar-refractivity contribution in [1.29, 1.82) is 0 Å². The summed E-state index contributed by atoms with van der Waals surface area (Å²) in [6, 6.07) is 0. The van der Waals surface area contributed by atoms with Gasteiger partial charge in [0.2, 0.25) is 0 Å². The van der Waals surface area contributed by atoms with Gasteiger partial charge in [-0.15, -0.1) is 10.2 Å². The van der Waals surface area contributed by atoms with E-state index in [1.54, 1.807) is 0 Å². The van der Waals surface area contributed by atoms with Gasteiger partial charge in [0.1, 0.15) is 5.84 Å². The van der Waals surface area contributed by atoms with E-state index >= 15 is 0 Å². The smallest absolute Gasteiger partial charge is 0.136 e. The van der Waals surface area contributed by atoms with Gasteiger partial charge in [0, 0.05) is 6.54 Å². The first-order chi connectivity index (χ1) is 14.8. The van der Waals surface area contributed by atoms with Gasteiger partial charge < -0.3 is 5.11 Å². The van der Waals surface area contributed by atoms with E-state index in [0.717, 1.165) is 73.6 Å². The topological polar surface area (TPSA) is 59.9 Å². The highest BCUT2D eigenvalue weighted by Crippen LogP contribution is 2.65. The molecule has 0 unspecified atom stereocenters. The van der Waals surface area contributed by atoms with E-state index in [1.807, 2.05) is 6.92 Å². The molecule has 1 aliphatic heterocycles. The van der Waals surface area contributed by atoms with E-state index < -0.39 is 0 Å². The Hall–Kier alpha value is -0.810. The number of nitrogens with one attached hydrogen (secondary N) is 2. The Bertz CT molecular complexity index is 697. The van der Waals surface area contributed by atoms with Crippen LogP contribution in [0.4, 0.5) is 0 Å². The van der Waals surface area contributed by atoms with Crippen molar-refractivity contribution < 1.29 is 5.11 Å². The second-order valence-electron chi connectivity index (χ2n) is 12.4. The predicted molar refractivity (Wildman–Crippen MR) is 126 cm³/mol. The van der Waals surface area contributed by atoms with Gasteiger partial charge in [-0.05, 0) is 118 Å². The number of hydrogen-bond donors (Lipinski definition) is 3. The molecule has 5 rings (SSSR count). The molecule has 4 aliphatic carbocycles. The van der Waals surface area contributed by atoms with Crippen molar-refractivity contribution in [3.05, 3.63) is 0 Å². The first-order valence-electron chi connectivity index (χ1n) is 13.4. The molecule has 5 nitrogen and oxygen atoms in total. The van der Waals surface area contributed by atoms with Crippen LogP contribution in [0.2, 0.25) is 0 Å². The van der Waals surface area contributed by atoms with Crippen LogP contribution >= 0.6 is 0 Å². The SMILES string of the molecule is CCC[C@@]1(O)CC[C@H]2[C@@H](CC[C@@H]3[C@@H]2CC[C@]2(C)[C@@H]([C@@H](C)CN4NN=C(C)N4)CC[C@@H]32)C1. The quantitative estimate of drug-likeness (QED) is 0.569. The van der Waals surface area contributed by atoms with Crippen molar-refractivity contribution in [2.45, 2.75) is 104 Å². The van der Waals surface area contributed by atoms with Crippen molar-refractivity contribution in [2.75, 3.05) is 6.54 Å². The first kappa shape index (κ1) is 22.0. The largest absolute Gasteiger partial charge is 0.390 e. The summed E-state index contributed by atoms with van der Waals surface area (Å²) in [6.07, 6.45) is 14.1. The van der Waals surface area contributed by atoms with Crippen LogP contribution in [0.1, 0.15) is 98.3 Å². The van der Waals surface area contributed by atoms with E-state index in [1.165, 1.54) is 44.9 Å². The molecule has 0 bridgehead atoms. The minimum atomic E-state index is -0.348. The van der Waals surface area contributed by atoms with Gasteiger partial charge in [-0.25, -0.2) is 5.53 Å². The van der Waals surface area contributed by atoms with Crippen LogP contribution in [-0.2, 0) is 0 Å². The summed E-state index contributed by atoms with van der Waals surface area (Å²) in [5, 5.41) is 17.5. The van der Waals surface area contributed by atoms with E-state index in [-0.39, 0.29) is 5.60 Å². The molecule has 0 amide bonds. The Kier molecular flexibility index (Phi) is 5.82. The van der Waals surface area contributed by atoms with Crippen molar-refractivity contribution >= 4 is 5.84 Å². The predicted octanol–water partition coefficient (Wildman–Crippen LogP) is 5.08. The minimum Gasteiger partial charge on any atom is -0.390 e. The zero-order valence-corrected chi connectivity index (χ0v) is 20.4. The Morgan fingerprint density at radius 3 is 2.65 bits per heavy atom. The van der Waals surface area contributed by atoms with E-state index in [2.05, 4.69) is 42.0 Å². The van der Waals surface area contributed by atoms with Gasteiger partial charge >= 0.3 is 0 Å². The Morgan fingerprint density at radius 2 is 1.90 bits per heavy atom. The summed E-state index contributed by atoms with van der Waals surface area (Å²) < 4.78 is 0. The molecule has 5 heteroatoms. The van der Waals surface area contributed by atoms with Gasteiger partial charge in [-0.1, -0.05) is 27.2 Å². The number of nitrogens with zero attached hydrogens (tertiary/aromatic N) is 2. The van der Waals surface area contributed by atoms with Crippen LogP contribution in [0.25, 0.3) is 0 Å². The normalized spacial score (nSPS) is 48.1. The third kappa shape index (κ3) is 3.82. The average molecular weight is 431 g/mol. The van der Waals surface area contributed by atoms with E-state index in [9.17, 15) is 5.11 Å². The molecule has 9 atom stereocenters. The Morgan fingerprint density at radius 1 is 1.10 bits per heavy atom. The highest BCUT2D eigenvalue weighted by Gasteiger charge is 2.58. The molecule has 1 heterocycles.